The predicted octanol–water partition coefficient (Wildman–Crippen LogP) is 1.46. The summed E-state index contributed by atoms with van der Waals surface area (Å²) in [5.74, 6) is 1.28. The highest BCUT2D eigenvalue weighted by atomic mass is 16.3. The molecule has 0 aliphatic rings. The maximum Gasteiger partial charge on any atom is 0.252 e. The minimum atomic E-state index is -0.550. The Bertz CT molecular complexity index is 436. The monoisotopic (exact) mass is 239 g/mol. The van der Waals surface area contributed by atoms with Gasteiger partial charge in [-0.25, -0.2) is 4.98 Å². The molecule has 0 saturated carbocycles. The number of hydrogen-bond acceptors (Lipinski definition) is 4. The first kappa shape index (κ1) is 13.7. The van der Waals surface area contributed by atoms with Crippen LogP contribution in [0.2, 0.25) is 0 Å². The zero-order chi connectivity index (χ0) is 13.2. The maximum atomic E-state index is 11.5. The van der Waals surface area contributed by atoms with Gasteiger partial charge in [-0.3, -0.25) is 4.79 Å². The van der Waals surface area contributed by atoms with Gasteiger partial charge in [-0.15, -0.1) is 0 Å². The fourth-order valence-corrected chi connectivity index (χ4v) is 1.25. The Morgan fingerprint density at radius 3 is 2.47 bits per heavy atom. The van der Waals surface area contributed by atoms with Crippen molar-refractivity contribution in [3.63, 3.8) is 0 Å². The summed E-state index contributed by atoms with van der Waals surface area (Å²) in [6.45, 7) is 9.33. The number of hydrogen-bond donors (Lipinski definition) is 3. The molecule has 0 saturated heterocycles. The Labute approximate surface area is 101 Å². The summed E-state index contributed by atoms with van der Waals surface area (Å²) in [7, 11) is 0. The van der Waals surface area contributed by atoms with Crippen LogP contribution in [0.15, 0.2) is 10.9 Å². The molecule has 0 aliphatic carbocycles. The number of nitrogens with one attached hydrogen (secondary N) is 2. The van der Waals surface area contributed by atoms with Gasteiger partial charge in [0.2, 0.25) is 0 Å². The molecule has 0 aromatic carbocycles. The van der Waals surface area contributed by atoms with E-state index in [0.29, 0.717) is 11.6 Å². The summed E-state index contributed by atoms with van der Waals surface area (Å²) in [4.78, 5) is 18.5. The molecular formula is C12H21N3O2. The smallest absolute Gasteiger partial charge is 0.252 e. The summed E-state index contributed by atoms with van der Waals surface area (Å²) in [5, 5.41) is 12.7. The maximum absolute atomic E-state index is 11.5. The van der Waals surface area contributed by atoms with Crippen LogP contribution in [-0.2, 0) is 0 Å². The van der Waals surface area contributed by atoms with Gasteiger partial charge in [-0.05, 0) is 20.8 Å². The van der Waals surface area contributed by atoms with E-state index in [1.807, 2.05) is 27.7 Å². The first-order chi connectivity index (χ1) is 7.72. The molecule has 1 unspecified atom stereocenters. The van der Waals surface area contributed by atoms with E-state index >= 15 is 0 Å². The Kier molecular flexibility index (Phi) is 3.93. The predicted molar refractivity (Wildman–Crippen MR) is 68.3 cm³/mol. The molecule has 3 N–H and O–H groups in total. The number of aliphatic hydroxyl groups is 1. The van der Waals surface area contributed by atoms with Crippen molar-refractivity contribution in [1.82, 2.24) is 9.97 Å². The third kappa shape index (κ3) is 3.56. The summed E-state index contributed by atoms with van der Waals surface area (Å²) in [6, 6.07) is 1.40. The third-order valence-electron chi connectivity index (χ3n) is 2.80. The number of aromatic amines is 1. The van der Waals surface area contributed by atoms with Crippen LogP contribution in [-0.4, -0.2) is 26.7 Å². The lowest BCUT2D eigenvalue weighted by Crippen LogP contribution is -2.42. The van der Waals surface area contributed by atoms with Gasteiger partial charge in [0, 0.05) is 12.0 Å². The quantitative estimate of drug-likeness (QED) is 0.743. The average molecular weight is 239 g/mol. The number of aromatic nitrogens is 2. The fraction of sp³-hybridized carbons (Fsp3) is 0.667. The normalized spacial score (nSPS) is 13.8. The van der Waals surface area contributed by atoms with Gasteiger partial charge in [0.15, 0.2) is 0 Å². The van der Waals surface area contributed by atoms with Gasteiger partial charge in [0.05, 0.1) is 11.6 Å². The Morgan fingerprint density at radius 2 is 2.00 bits per heavy atom. The minimum absolute atomic E-state index is 0.152. The van der Waals surface area contributed by atoms with Crippen molar-refractivity contribution in [3.8, 4) is 0 Å². The third-order valence-corrected chi connectivity index (χ3v) is 2.80. The number of anilines is 1. The molecule has 96 valence electrons. The molecule has 0 bridgehead atoms. The van der Waals surface area contributed by atoms with E-state index in [-0.39, 0.29) is 11.5 Å². The molecule has 0 spiro atoms. The standard InChI is InChI=1S/C12H21N3O2/c1-7(2)11-13-9(6-10(17)14-11)15-12(4,5)8(3)16/h6-8,16H,1-5H3,(H2,13,14,15,17). The van der Waals surface area contributed by atoms with E-state index in [2.05, 4.69) is 15.3 Å². The van der Waals surface area contributed by atoms with Gasteiger partial charge < -0.3 is 15.4 Å². The number of aliphatic hydroxyl groups excluding tert-OH is 1. The van der Waals surface area contributed by atoms with Crippen molar-refractivity contribution >= 4 is 5.82 Å². The van der Waals surface area contributed by atoms with Crippen LogP contribution in [0.1, 0.15) is 46.4 Å². The zero-order valence-corrected chi connectivity index (χ0v) is 11.0. The minimum Gasteiger partial charge on any atom is -0.391 e. The molecule has 0 aliphatic heterocycles. The van der Waals surface area contributed by atoms with Gasteiger partial charge in [-0.1, -0.05) is 13.8 Å². The van der Waals surface area contributed by atoms with E-state index in [1.165, 1.54) is 6.07 Å². The van der Waals surface area contributed by atoms with Crippen molar-refractivity contribution in [1.29, 1.82) is 0 Å². The lowest BCUT2D eigenvalue weighted by molar-refractivity contribution is 0.133. The highest BCUT2D eigenvalue weighted by molar-refractivity contribution is 5.37. The van der Waals surface area contributed by atoms with Gasteiger partial charge in [0.1, 0.15) is 11.6 Å². The summed E-state index contributed by atoms with van der Waals surface area (Å²) in [5.41, 5.74) is -0.720. The lowest BCUT2D eigenvalue weighted by Gasteiger charge is -2.30. The summed E-state index contributed by atoms with van der Waals surface area (Å²) in [6.07, 6.45) is -0.550. The first-order valence-corrected chi connectivity index (χ1v) is 5.80. The SMILES string of the molecule is CC(C)c1nc(NC(C)(C)C(C)O)cc(=O)[nH]1. The fourth-order valence-electron chi connectivity index (χ4n) is 1.25. The van der Waals surface area contributed by atoms with E-state index in [0.717, 1.165) is 0 Å². The largest absolute Gasteiger partial charge is 0.391 e. The number of rotatable bonds is 4. The molecule has 17 heavy (non-hydrogen) atoms. The lowest BCUT2D eigenvalue weighted by atomic mass is 9.99. The molecule has 5 nitrogen and oxygen atoms in total. The van der Waals surface area contributed by atoms with Crippen LogP contribution >= 0.6 is 0 Å². The molecule has 0 amide bonds. The molecule has 1 rings (SSSR count). The van der Waals surface area contributed by atoms with Crippen LogP contribution in [0.4, 0.5) is 5.82 Å². The van der Waals surface area contributed by atoms with Crippen LogP contribution in [0.5, 0.6) is 0 Å². The molecule has 1 heterocycles. The highest BCUT2D eigenvalue weighted by Crippen LogP contribution is 2.16. The second-order valence-corrected chi connectivity index (χ2v) is 5.19. The van der Waals surface area contributed by atoms with E-state index < -0.39 is 11.6 Å². The Balaban J connectivity index is 3.04. The van der Waals surface area contributed by atoms with Crippen molar-refractivity contribution in [3.05, 3.63) is 22.2 Å². The zero-order valence-electron chi connectivity index (χ0n) is 11.0. The molecule has 1 aromatic rings. The second-order valence-electron chi connectivity index (χ2n) is 5.19. The number of H-pyrrole nitrogens is 1. The van der Waals surface area contributed by atoms with E-state index in [4.69, 9.17) is 0 Å². The summed E-state index contributed by atoms with van der Waals surface area (Å²) < 4.78 is 0. The van der Waals surface area contributed by atoms with Crippen LogP contribution in [0.3, 0.4) is 0 Å². The van der Waals surface area contributed by atoms with Crippen LogP contribution in [0.25, 0.3) is 0 Å². The van der Waals surface area contributed by atoms with E-state index in [1.54, 1.807) is 6.92 Å². The van der Waals surface area contributed by atoms with Crippen LogP contribution < -0.4 is 10.9 Å². The second kappa shape index (κ2) is 4.87. The molecule has 5 heteroatoms. The number of nitrogens with zero attached hydrogens (tertiary/aromatic N) is 1. The van der Waals surface area contributed by atoms with Crippen molar-refractivity contribution in [2.24, 2.45) is 0 Å². The average Bonchev–Trinajstić information content (AvgIpc) is 2.15. The summed E-state index contributed by atoms with van der Waals surface area (Å²) >= 11 is 0. The molecule has 0 fully saturated rings. The van der Waals surface area contributed by atoms with Crippen molar-refractivity contribution in [2.45, 2.75) is 52.2 Å². The molecule has 1 aromatic heterocycles. The Hall–Kier alpha value is -1.36. The molecule has 0 radical (unpaired) electrons. The Morgan fingerprint density at radius 1 is 1.41 bits per heavy atom. The molecule has 1 atom stereocenters. The van der Waals surface area contributed by atoms with Crippen molar-refractivity contribution in [2.75, 3.05) is 5.32 Å². The first-order valence-electron chi connectivity index (χ1n) is 5.80. The van der Waals surface area contributed by atoms with Crippen LogP contribution in [0, 0.1) is 0 Å². The van der Waals surface area contributed by atoms with Gasteiger partial charge in [-0.2, -0.15) is 0 Å². The molecular weight excluding hydrogens is 218 g/mol. The van der Waals surface area contributed by atoms with Gasteiger partial charge >= 0.3 is 0 Å². The van der Waals surface area contributed by atoms with E-state index in [9.17, 15) is 9.90 Å². The van der Waals surface area contributed by atoms with Crippen molar-refractivity contribution < 1.29 is 5.11 Å². The highest BCUT2D eigenvalue weighted by Gasteiger charge is 2.24. The topological polar surface area (TPSA) is 78.0 Å². The van der Waals surface area contributed by atoms with Gasteiger partial charge in [0.25, 0.3) is 5.56 Å².